The van der Waals surface area contributed by atoms with Crippen LogP contribution in [0.5, 0.6) is 5.75 Å². The first-order valence-electron chi connectivity index (χ1n) is 4.02. The van der Waals surface area contributed by atoms with Gasteiger partial charge in [-0.1, -0.05) is 0 Å². The molecule has 1 N–H and O–H groups in total. The number of halogens is 1. The quantitative estimate of drug-likeness (QED) is 0.734. The van der Waals surface area contributed by atoms with E-state index in [9.17, 15) is 9.90 Å². The van der Waals surface area contributed by atoms with E-state index in [1.54, 1.807) is 12.1 Å². The second-order valence-electron chi connectivity index (χ2n) is 2.87. The summed E-state index contributed by atoms with van der Waals surface area (Å²) < 4.78 is 5.06. The molecular formula is C10H7ClO3. The molecule has 0 aromatic rings. The van der Waals surface area contributed by atoms with Crippen LogP contribution in [0, 0.1) is 0 Å². The lowest BCUT2D eigenvalue weighted by Crippen LogP contribution is -2.01. The van der Waals surface area contributed by atoms with Gasteiger partial charge >= 0.3 is 0 Å². The molecule has 1 aliphatic heterocycles. The van der Waals surface area contributed by atoms with Crippen molar-refractivity contribution < 1.29 is 9.52 Å². The van der Waals surface area contributed by atoms with Gasteiger partial charge in [0.1, 0.15) is 0 Å². The van der Waals surface area contributed by atoms with E-state index in [0.717, 1.165) is 5.56 Å². The maximum Gasteiger partial charge on any atom is 0.224 e. The topological polar surface area (TPSA) is 50.4 Å². The molecule has 0 saturated heterocycles. The summed E-state index contributed by atoms with van der Waals surface area (Å²) in [6, 6.07) is 4.60. The minimum Gasteiger partial charge on any atom is -0.502 e. The van der Waals surface area contributed by atoms with Crippen molar-refractivity contribution >= 4 is 11.6 Å². The third-order valence-corrected chi connectivity index (χ3v) is 2.33. The standard InChI is InChI=1S/C10H7ClO3/c11-5-6-3-4-14-10-7(6)1-2-8(12)9(10)13/h1-4,13H,5H2. The molecule has 0 atom stereocenters. The Balaban J connectivity index is 2.83. The van der Waals surface area contributed by atoms with Crippen LogP contribution in [0.3, 0.4) is 0 Å². The van der Waals surface area contributed by atoms with Crippen LogP contribution in [0.4, 0.5) is 0 Å². The van der Waals surface area contributed by atoms with Crippen LogP contribution >= 0.6 is 11.6 Å². The van der Waals surface area contributed by atoms with Gasteiger partial charge < -0.3 is 9.52 Å². The molecule has 3 nitrogen and oxygen atoms in total. The second-order valence-corrected chi connectivity index (χ2v) is 3.14. The van der Waals surface area contributed by atoms with Gasteiger partial charge in [0.15, 0.2) is 5.76 Å². The summed E-state index contributed by atoms with van der Waals surface area (Å²) in [4.78, 5) is 11.1. The number of aromatic hydroxyl groups is 1. The monoisotopic (exact) mass is 210 g/mol. The Hall–Kier alpha value is -1.48. The number of alkyl halides is 1. The highest BCUT2D eigenvalue weighted by atomic mass is 35.5. The minimum absolute atomic E-state index is 0.190. The number of hydrogen-bond donors (Lipinski definition) is 1. The fourth-order valence-corrected chi connectivity index (χ4v) is 1.55. The largest absolute Gasteiger partial charge is 0.502 e. The van der Waals surface area contributed by atoms with Crippen molar-refractivity contribution in [2.45, 2.75) is 5.88 Å². The average Bonchev–Trinajstić information content (AvgIpc) is 2.23. The van der Waals surface area contributed by atoms with Gasteiger partial charge in [0.05, 0.1) is 6.26 Å². The second kappa shape index (κ2) is 3.35. The number of phenolic OH excluding ortho intramolecular Hbond substituents is 1. The molecule has 0 aromatic carbocycles. The highest BCUT2D eigenvalue weighted by molar-refractivity contribution is 6.17. The van der Waals surface area contributed by atoms with Gasteiger partial charge in [0, 0.05) is 11.4 Å². The number of benzene rings is 1. The predicted octanol–water partition coefficient (Wildman–Crippen LogP) is 2.19. The van der Waals surface area contributed by atoms with Gasteiger partial charge in [-0.15, -0.1) is 11.6 Å². The van der Waals surface area contributed by atoms with E-state index >= 15 is 0 Å². The molecule has 0 amide bonds. The highest BCUT2D eigenvalue weighted by Crippen LogP contribution is 2.31. The lowest BCUT2D eigenvalue weighted by Gasteiger charge is -2.08. The Morgan fingerprint density at radius 1 is 1.36 bits per heavy atom. The summed E-state index contributed by atoms with van der Waals surface area (Å²) in [5.74, 6) is 0.134. The fourth-order valence-electron chi connectivity index (χ4n) is 1.32. The molecule has 2 rings (SSSR count). The van der Waals surface area contributed by atoms with Gasteiger partial charge in [-0.25, -0.2) is 0 Å². The summed E-state index contributed by atoms with van der Waals surface area (Å²) in [5.41, 5.74) is 1.04. The first kappa shape index (κ1) is 9.09. The zero-order valence-electron chi connectivity index (χ0n) is 7.16. The van der Waals surface area contributed by atoms with E-state index in [2.05, 4.69) is 0 Å². The Bertz CT molecular complexity index is 489. The molecule has 0 fully saturated rings. The Kier molecular flexibility index (Phi) is 2.17. The van der Waals surface area contributed by atoms with Crippen molar-refractivity contribution in [3.05, 3.63) is 40.2 Å². The van der Waals surface area contributed by atoms with E-state index in [1.165, 1.54) is 12.3 Å². The Morgan fingerprint density at radius 2 is 2.14 bits per heavy atom. The molecule has 4 heteroatoms. The maximum absolute atomic E-state index is 11.1. The fraction of sp³-hybridized carbons (Fsp3) is 0.100. The van der Waals surface area contributed by atoms with E-state index in [1.807, 2.05) is 0 Å². The lowest BCUT2D eigenvalue weighted by molar-refractivity contribution is 0.442. The SMILES string of the molecule is O=c1ccc2c(CCl)ccoc-2c1O. The number of hydrogen-bond acceptors (Lipinski definition) is 3. The zero-order chi connectivity index (χ0) is 10.1. The van der Waals surface area contributed by atoms with Gasteiger partial charge in [-0.3, -0.25) is 4.79 Å². The van der Waals surface area contributed by atoms with E-state index in [4.69, 9.17) is 16.0 Å². The molecule has 1 aliphatic carbocycles. The molecule has 0 aromatic heterocycles. The molecule has 2 aliphatic rings. The zero-order valence-corrected chi connectivity index (χ0v) is 7.91. The molecule has 0 unspecified atom stereocenters. The molecule has 0 radical (unpaired) electrons. The first-order valence-corrected chi connectivity index (χ1v) is 4.56. The van der Waals surface area contributed by atoms with Crippen LogP contribution < -0.4 is 5.43 Å². The van der Waals surface area contributed by atoms with Crippen molar-refractivity contribution in [3.63, 3.8) is 0 Å². The molecule has 14 heavy (non-hydrogen) atoms. The van der Waals surface area contributed by atoms with Crippen LogP contribution in [0.25, 0.3) is 11.3 Å². The number of fused-ring (bicyclic) bond motifs is 1. The van der Waals surface area contributed by atoms with E-state index in [-0.39, 0.29) is 11.5 Å². The van der Waals surface area contributed by atoms with Gasteiger partial charge in [-0.2, -0.15) is 0 Å². The maximum atomic E-state index is 11.1. The molecule has 72 valence electrons. The smallest absolute Gasteiger partial charge is 0.224 e. The van der Waals surface area contributed by atoms with Gasteiger partial charge in [-0.05, 0) is 23.8 Å². The molecule has 0 spiro atoms. The summed E-state index contributed by atoms with van der Waals surface area (Å²) >= 11 is 5.70. The average molecular weight is 211 g/mol. The normalized spacial score (nSPS) is 10.6. The minimum atomic E-state index is -0.451. The van der Waals surface area contributed by atoms with E-state index in [0.29, 0.717) is 11.4 Å². The number of phenols is 1. The third kappa shape index (κ3) is 1.26. The molecule has 0 saturated carbocycles. The third-order valence-electron chi connectivity index (χ3n) is 2.04. The summed E-state index contributed by atoms with van der Waals surface area (Å²) in [6.45, 7) is 0. The van der Waals surface area contributed by atoms with Crippen molar-refractivity contribution in [1.82, 2.24) is 0 Å². The summed E-state index contributed by atoms with van der Waals surface area (Å²) in [6.07, 6.45) is 1.40. The van der Waals surface area contributed by atoms with Gasteiger partial charge in [0.25, 0.3) is 0 Å². The van der Waals surface area contributed by atoms with Crippen LogP contribution in [-0.4, -0.2) is 5.11 Å². The summed E-state index contributed by atoms with van der Waals surface area (Å²) in [5, 5.41) is 9.43. The first-order chi connectivity index (χ1) is 6.74. The number of rotatable bonds is 1. The van der Waals surface area contributed by atoms with Crippen LogP contribution in [0.15, 0.2) is 33.7 Å². The molecule has 1 heterocycles. The van der Waals surface area contributed by atoms with Crippen molar-refractivity contribution in [2.24, 2.45) is 0 Å². The Labute approximate surface area is 84.9 Å². The van der Waals surface area contributed by atoms with Crippen molar-refractivity contribution in [3.8, 4) is 17.1 Å². The van der Waals surface area contributed by atoms with Crippen LogP contribution in [0.1, 0.15) is 5.56 Å². The lowest BCUT2D eigenvalue weighted by atomic mass is 10.1. The van der Waals surface area contributed by atoms with Crippen LogP contribution in [0.2, 0.25) is 0 Å². The molecule has 0 bridgehead atoms. The predicted molar refractivity (Wildman–Crippen MR) is 52.8 cm³/mol. The summed E-state index contributed by atoms with van der Waals surface area (Å²) in [7, 11) is 0. The van der Waals surface area contributed by atoms with Crippen molar-refractivity contribution in [2.75, 3.05) is 0 Å². The highest BCUT2D eigenvalue weighted by Gasteiger charge is 2.15. The Morgan fingerprint density at radius 3 is 2.86 bits per heavy atom. The van der Waals surface area contributed by atoms with Gasteiger partial charge in [0.2, 0.25) is 11.2 Å². The van der Waals surface area contributed by atoms with Crippen molar-refractivity contribution in [1.29, 1.82) is 0 Å². The van der Waals surface area contributed by atoms with E-state index < -0.39 is 5.43 Å². The molecular weight excluding hydrogens is 204 g/mol. The van der Waals surface area contributed by atoms with Crippen LogP contribution in [-0.2, 0) is 5.88 Å².